The van der Waals surface area contributed by atoms with Crippen molar-refractivity contribution in [1.29, 1.82) is 0 Å². The lowest BCUT2D eigenvalue weighted by atomic mass is 10.0. The average molecular weight is 408 g/mol. The summed E-state index contributed by atoms with van der Waals surface area (Å²) in [6.45, 7) is 3.28. The van der Waals surface area contributed by atoms with Gasteiger partial charge in [0.05, 0.1) is 16.2 Å². The van der Waals surface area contributed by atoms with Crippen LogP contribution >= 0.6 is 0 Å². The molecule has 1 N–H and O–H groups in total. The molecule has 7 nitrogen and oxygen atoms in total. The molecular weight excluding hydrogens is 387 g/mol. The fraction of sp³-hybridized carbons (Fsp3) is 0.273. The summed E-state index contributed by atoms with van der Waals surface area (Å²) in [6.07, 6.45) is 6.89. The molecule has 8 heteroatoms. The minimum absolute atomic E-state index is 0.0999. The Hall–Kier alpha value is -3.55. The largest absolute Gasteiger partial charge is 0.371 e. The van der Waals surface area contributed by atoms with Crippen molar-refractivity contribution in [3.05, 3.63) is 69.8 Å². The maximum absolute atomic E-state index is 14.1. The second-order valence-electron chi connectivity index (χ2n) is 7.41. The molecule has 1 fully saturated rings. The Labute approximate surface area is 172 Å². The van der Waals surface area contributed by atoms with Crippen molar-refractivity contribution in [3.63, 3.8) is 0 Å². The molecule has 2 aromatic carbocycles. The molecule has 154 valence electrons. The van der Waals surface area contributed by atoms with Gasteiger partial charge < -0.3 is 10.2 Å². The standard InChI is InChI=1S/C22H21FN4O3/c1-14-18(23)11-15(12-21(14)27(29)30)22(28)25-19-5-6-20(26-9-3-2-4-10-26)16-7-8-24-13-17(16)19/h5-8,11-13H,2-4,9-10H2,1H3,(H,25,28). The third-order valence-electron chi connectivity index (χ3n) is 5.52. The van der Waals surface area contributed by atoms with E-state index in [2.05, 4.69) is 15.2 Å². The molecule has 4 rings (SSSR count). The number of hydrogen-bond acceptors (Lipinski definition) is 5. The maximum atomic E-state index is 14.1. The zero-order chi connectivity index (χ0) is 21.3. The number of nitrogens with zero attached hydrogens (tertiary/aromatic N) is 3. The molecule has 1 aliphatic heterocycles. The van der Waals surface area contributed by atoms with E-state index in [0.29, 0.717) is 5.69 Å². The van der Waals surface area contributed by atoms with Gasteiger partial charge in [-0.05, 0) is 50.5 Å². The van der Waals surface area contributed by atoms with E-state index in [1.54, 1.807) is 18.5 Å². The predicted octanol–water partition coefficient (Wildman–Crippen LogP) is 4.83. The SMILES string of the molecule is Cc1c(F)cc(C(=O)Nc2ccc(N3CCCCC3)c3ccncc23)cc1[N+](=O)[O-]. The van der Waals surface area contributed by atoms with Gasteiger partial charge in [-0.25, -0.2) is 4.39 Å². The highest BCUT2D eigenvalue weighted by Crippen LogP contribution is 2.33. The van der Waals surface area contributed by atoms with Gasteiger partial charge >= 0.3 is 0 Å². The van der Waals surface area contributed by atoms with Crippen LogP contribution in [-0.4, -0.2) is 28.9 Å². The van der Waals surface area contributed by atoms with Gasteiger partial charge in [-0.1, -0.05) is 0 Å². The third-order valence-corrected chi connectivity index (χ3v) is 5.52. The van der Waals surface area contributed by atoms with Crippen LogP contribution in [0.15, 0.2) is 42.7 Å². The zero-order valence-corrected chi connectivity index (χ0v) is 16.5. The number of amides is 1. The van der Waals surface area contributed by atoms with E-state index in [1.807, 2.05) is 12.1 Å². The molecule has 0 radical (unpaired) electrons. The van der Waals surface area contributed by atoms with E-state index >= 15 is 0 Å². The summed E-state index contributed by atoms with van der Waals surface area (Å²) in [4.78, 5) is 29.7. The highest BCUT2D eigenvalue weighted by atomic mass is 19.1. The fourth-order valence-corrected chi connectivity index (χ4v) is 3.87. The molecule has 3 aromatic rings. The van der Waals surface area contributed by atoms with Crippen LogP contribution in [0, 0.1) is 22.9 Å². The summed E-state index contributed by atoms with van der Waals surface area (Å²) in [7, 11) is 0. The van der Waals surface area contributed by atoms with Crippen molar-refractivity contribution in [2.45, 2.75) is 26.2 Å². The minimum Gasteiger partial charge on any atom is -0.371 e. The zero-order valence-electron chi connectivity index (χ0n) is 16.5. The number of piperidine rings is 1. The van der Waals surface area contributed by atoms with Crippen LogP contribution in [0.5, 0.6) is 0 Å². The number of halogens is 1. The Morgan fingerprint density at radius 3 is 2.67 bits per heavy atom. The molecule has 1 amide bonds. The number of aromatic nitrogens is 1. The number of nitro groups is 1. The topological polar surface area (TPSA) is 88.4 Å². The van der Waals surface area contributed by atoms with Crippen molar-refractivity contribution in [1.82, 2.24) is 4.98 Å². The second kappa shape index (κ2) is 8.06. The highest BCUT2D eigenvalue weighted by Gasteiger charge is 2.21. The summed E-state index contributed by atoms with van der Waals surface area (Å²) in [5.74, 6) is -1.41. The Balaban J connectivity index is 1.69. The Morgan fingerprint density at radius 1 is 1.17 bits per heavy atom. The van der Waals surface area contributed by atoms with E-state index in [-0.39, 0.29) is 11.1 Å². The smallest absolute Gasteiger partial charge is 0.276 e. The lowest BCUT2D eigenvalue weighted by Gasteiger charge is -2.30. The highest BCUT2D eigenvalue weighted by molar-refractivity contribution is 6.11. The molecule has 0 spiro atoms. The van der Waals surface area contributed by atoms with Crippen LogP contribution < -0.4 is 10.2 Å². The van der Waals surface area contributed by atoms with Gasteiger partial charge in [-0.2, -0.15) is 0 Å². The molecule has 0 unspecified atom stereocenters. The van der Waals surface area contributed by atoms with Gasteiger partial charge in [-0.3, -0.25) is 19.9 Å². The van der Waals surface area contributed by atoms with Crippen molar-refractivity contribution < 1.29 is 14.1 Å². The normalized spacial score (nSPS) is 14.0. The summed E-state index contributed by atoms with van der Waals surface area (Å²) in [6, 6.07) is 7.77. The first-order valence-electron chi connectivity index (χ1n) is 9.83. The van der Waals surface area contributed by atoms with Crippen molar-refractivity contribution in [2.75, 3.05) is 23.3 Å². The first-order chi connectivity index (χ1) is 14.5. The number of nitro benzene ring substituents is 1. The lowest BCUT2D eigenvalue weighted by molar-refractivity contribution is -0.385. The van der Waals surface area contributed by atoms with Gasteiger partial charge in [0.2, 0.25) is 0 Å². The van der Waals surface area contributed by atoms with Crippen LogP contribution in [0.1, 0.15) is 35.2 Å². The van der Waals surface area contributed by atoms with Crippen LogP contribution in [0.25, 0.3) is 10.8 Å². The lowest BCUT2D eigenvalue weighted by Crippen LogP contribution is -2.29. The maximum Gasteiger partial charge on any atom is 0.276 e. The van der Waals surface area contributed by atoms with Gasteiger partial charge in [0.15, 0.2) is 0 Å². The van der Waals surface area contributed by atoms with E-state index in [0.717, 1.165) is 54.5 Å². The molecule has 0 atom stereocenters. The third kappa shape index (κ3) is 3.68. The number of anilines is 2. The van der Waals surface area contributed by atoms with E-state index in [1.165, 1.54) is 13.3 Å². The van der Waals surface area contributed by atoms with Gasteiger partial charge in [0, 0.05) is 53.6 Å². The van der Waals surface area contributed by atoms with Gasteiger partial charge in [-0.15, -0.1) is 0 Å². The number of rotatable bonds is 4. The first-order valence-corrected chi connectivity index (χ1v) is 9.83. The summed E-state index contributed by atoms with van der Waals surface area (Å²) >= 11 is 0. The van der Waals surface area contributed by atoms with Gasteiger partial charge in [0.1, 0.15) is 5.82 Å². The summed E-state index contributed by atoms with van der Waals surface area (Å²) < 4.78 is 14.1. The predicted molar refractivity (Wildman–Crippen MR) is 114 cm³/mol. The van der Waals surface area contributed by atoms with Crippen molar-refractivity contribution in [3.8, 4) is 0 Å². The number of pyridine rings is 1. The molecule has 30 heavy (non-hydrogen) atoms. The monoisotopic (exact) mass is 408 g/mol. The van der Waals surface area contributed by atoms with Crippen molar-refractivity contribution in [2.24, 2.45) is 0 Å². The molecule has 1 aromatic heterocycles. The summed E-state index contributed by atoms with van der Waals surface area (Å²) in [5, 5.41) is 15.6. The molecule has 1 aliphatic rings. The number of benzene rings is 2. The fourth-order valence-electron chi connectivity index (χ4n) is 3.87. The summed E-state index contributed by atoms with van der Waals surface area (Å²) in [5.41, 5.74) is 0.973. The molecule has 2 heterocycles. The van der Waals surface area contributed by atoms with E-state index in [9.17, 15) is 19.3 Å². The Morgan fingerprint density at radius 2 is 1.93 bits per heavy atom. The average Bonchev–Trinajstić information content (AvgIpc) is 2.76. The molecular formula is C22H21FN4O3. The Kier molecular flexibility index (Phi) is 5.31. The number of fused-ring (bicyclic) bond motifs is 1. The molecule has 0 saturated carbocycles. The minimum atomic E-state index is -0.790. The van der Waals surface area contributed by atoms with Gasteiger partial charge in [0.25, 0.3) is 11.6 Å². The van der Waals surface area contributed by atoms with Crippen LogP contribution in [0.2, 0.25) is 0 Å². The first kappa shape index (κ1) is 19.8. The van der Waals surface area contributed by atoms with E-state index in [4.69, 9.17) is 0 Å². The van der Waals surface area contributed by atoms with Crippen LogP contribution in [-0.2, 0) is 0 Å². The quantitative estimate of drug-likeness (QED) is 0.493. The Bertz CT molecular complexity index is 1140. The number of carbonyl (C=O) groups is 1. The molecule has 1 saturated heterocycles. The second-order valence-corrected chi connectivity index (χ2v) is 7.41. The molecule has 0 bridgehead atoms. The molecule has 0 aliphatic carbocycles. The van der Waals surface area contributed by atoms with Crippen molar-refractivity contribution >= 4 is 33.7 Å². The van der Waals surface area contributed by atoms with Crippen LogP contribution in [0.4, 0.5) is 21.5 Å². The van der Waals surface area contributed by atoms with E-state index < -0.39 is 22.3 Å². The number of carbonyl (C=O) groups excluding carboxylic acids is 1. The number of hydrogen-bond donors (Lipinski definition) is 1. The van der Waals surface area contributed by atoms with Crippen LogP contribution in [0.3, 0.4) is 0 Å². The number of nitrogens with one attached hydrogen (secondary N) is 1.